The molecule has 0 aliphatic carbocycles. The van der Waals surface area contributed by atoms with Gasteiger partial charge in [0.05, 0.1) is 17.4 Å². The van der Waals surface area contributed by atoms with Crippen LogP contribution >= 0.6 is 0 Å². The quantitative estimate of drug-likeness (QED) is 0.677. The Kier molecular flexibility index (Phi) is 7.29. The van der Waals surface area contributed by atoms with Gasteiger partial charge in [0.25, 0.3) is 5.91 Å². The highest BCUT2D eigenvalue weighted by Gasteiger charge is 2.24. The van der Waals surface area contributed by atoms with Crippen LogP contribution in [0.3, 0.4) is 0 Å². The first-order valence-corrected chi connectivity index (χ1v) is 10.5. The Balaban J connectivity index is 2.10. The van der Waals surface area contributed by atoms with Crippen molar-refractivity contribution in [3.8, 4) is 6.07 Å². The number of hydrogen-bond acceptors (Lipinski definition) is 6. The molecular formula is C20H20N2O5S. The van der Waals surface area contributed by atoms with E-state index in [0.717, 1.165) is 6.26 Å². The zero-order chi connectivity index (χ0) is 20.6. The first-order chi connectivity index (χ1) is 13.3. The van der Waals surface area contributed by atoms with Crippen molar-refractivity contribution in [1.29, 1.82) is 5.26 Å². The zero-order valence-corrected chi connectivity index (χ0v) is 16.1. The third kappa shape index (κ3) is 6.52. The van der Waals surface area contributed by atoms with Gasteiger partial charge in [-0.15, -0.1) is 0 Å². The van der Waals surface area contributed by atoms with Crippen LogP contribution in [0, 0.1) is 11.3 Å². The maximum absolute atomic E-state index is 12.5. The summed E-state index contributed by atoms with van der Waals surface area (Å²) in [6.07, 6.45) is 0.938. The summed E-state index contributed by atoms with van der Waals surface area (Å²) in [5, 5.41) is 11.6. The highest BCUT2D eigenvalue weighted by molar-refractivity contribution is 7.90. The molecule has 0 fully saturated rings. The first-order valence-electron chi connectivity index (χ1n) is 8.48. The van der Waals surface area contributed by atoms with E-state index in [4.69, 9.17) is 10.00 Å². The summed E-state index contributed by atoms with van der Waals surface area (Å²) in [5.41, 5.74) is 1.24. The van der Waals surface area contributed by atoms with Crippen LogP contribution < -0.4 is 5.32 Å². The lowest BCUT2D eigenvalue weighted by molar-refractivity contribution is -0.147. The Hall–Kier alpha value is -3.18. The molecule has 1 atom stereocenters. The van der Waals surface area contributed by atoms with Crippen molar-refractivity contribution in [2.45, 2.75) is 19.1 Å². The second kappa shape index (κ2) is 9.67. The number of nitrogens with one attached hydrogen (secondary N) is 1. The lowest BCUT2D eigenvalue weighted by atomic mass is 10.1. The van der Waals surface area contributed by atoms with Gasteiger partial charge in [-0.05, 0) is 24.6 Å². The average molecular weight is 400 g/mol. The molecule has 146 valence electrons. The maximum Gasteiger partial charge on any atom is 0.329 e. The van der Waals surface area contributed by atoms with Crippen LogP contribution in [0.2, 0.25) is 0 Å². The largest absolute Gasteiger partial charge is 0.459 e. The number of nitrogens with zero attached hydrogens (tertiary/aromatic N) is 1. The minimum Gasteiger partial charge on any atom is -0.459 e. The van der Waals surface area contributed by atoms with Crippen LogP contribution in [-0.2, 0) is 26.0 Å². The van der Waals surface area contributed by atoms with Gasteiger partial charge >= 0.3 is 5.97 Å². The minimum atomic E-state index is -3.33. The van der Waals surface area contributed by atoms with Gasteiger partial charge < -0.3 is 10.1 Å². The highest BCUT2D eigenvalue weighted by atomic mass is 32.2. The molecule has 0 radical (unpaired) electrons. The number of benzene rings is 2. The summed E-state index contributed by atoms with van der Waals surface area (Å²) in [7, 11) is -3.33. The van der Waals surface area contributed by atoms with Gasteiger partial charge in [-0.2, -0.15) is 5.26 Å². The topological polar surface area (TPSA) is 113 Å². The smallest absolute Gasteiger partial charge is 0.329 e. The zero-order valence-electron chi connectivity index (χ0n) is 15.3. The molecule has 1 N–H and O–H groups in total. The number of esters is 1. The van der Waals surface area contributed by atoms with Gasteiger partial charge in [-0.25, -0.2) is 13.2 Å². The van der Waals surface area contributed by atoms with E-state index in [1.165, 1.54) is 0 Å². The second-order valence-electron chi connectivity index (χ2n) is 6.19. The molecule has 2 aromatic carbocycles. The highest BCUT2D eigenvalue weighted by Crippen LogP contribution is 2.10. The fourth-order valence-electron chi connectivity index (χ4n) is 2.42. The molecule has 1 amide bonds. The molecule has 28 heavy (non-hydrogen) atoms. The molecular weight excluding hydrogens is 380 g/mol. The summed E-state index contributed by atoms with van der Waals surface area (Å²) in [6, 6.07) is 15.8. The summed E-state index contributed by atoms with van der Waals surface area (Å²) in [6.45, 7) is -0.154. The SMILES string of the molecule is CS(=O)(=O)CCC(NC(=O)c1ccccc1)C(=O)OCc1ccccc1C#N. The van der Waals surface area contributed by atoms with Gasteiger partial charge in [0, 0.05) is 17.4 Å². The van der Waals surface area contributed by atoms with E-state index in [1.54, 1.807) is 54.6 Å². The van der Waals surface area contributed by atoms with E-state index in [-0.39, 0.29) is 18.8 Å². The van der Waals surface area contributed by atoms with E-state index in [0.29, 0.717) is 16.7 Å². The van der Waals surface area contributed by atoms with Crippen LogP contribution in [0.15, 0.2) is 54.6 Å². The van der Waals surface area contributed by atoms with E-state index in [9.17, 15) is 18.0 Å². The van der Waals surface area contributed by atoms with Crippen molar-refractivity contribution in [1.82, 2.24) is 5.32 Å². The van der Waals surface area contributed by atoms with E-state index >= 15 is 0 Å². The molecule has 0 bridgehead atoms. The predicted octanol–water partition coefficient (Wildman–Crippen LogP) is 1.83. The molecule has 8 heteroatoms. The number of nitriles is 1. The van der Waals surface area contributed by atoms with Gasteiger partial charge in [0.1, 0.15) is 22.5 Å². The molecule has 0 aromatic heterocycles. The van der Waals surface area contributed by atoms with Crippen LogP contribution in [0.25, 0.3) is 0 Å². The predicted molar refractivity (Wildman–Crippen MR) is 103 cm³/mol. The fourth-order valence-corrected chi connectivity index (χ4v) is 3.08. The Bertz CT molecular complexity index is 981. The number of carbonyl (C=O) groups excluding carboxylic acids is 2. The van der Waals surface area contributed by atoms with E-state index < -0.39 is 27.8 Å². The molecule has 0 spiro atoms. The molecule has 0 saturated heterocycles. The number of amides is 1. The summed E-state index contributed by atoms with van der Waals surface area (Å²) >= 11 is 0. The number of rotatable bonds is 8. The Morgan fingerprint density at radius 2 is 1.75 bits per heavy atom. The van der Waals surface area contributed by atoms with Gasteiger partial charge in [0.2, 0.25) is 0 Å². The third-order valence-corrected chi connectivity index (χ3v) is 4.89. The maximum atomic E-state index is 12.5. The standard InChI is InChI=1S/C20H20N2O5S/c1-28(25,26)12-11-18(22-19(23)15-7-3-2-4-8-15)20(24)27-14-17-10-6-5-9-16(17)13-21/h2-10,18H,11-12,14H2,1H3,(H,22,23). The van der Waals surface area contributed by atoms with Crippen molar-refractivity contribution in [2.75, 3.05) is 12.0 Å². The van der Waals surface area contributed by atoms with Crippen molar-refractivity contribution < 1.29 is 22.7 Å². The average Bonchev–Trinajstić information content (AvgIpc) is 2.69. The minimum absolute atomic E-state index is 0.115. The van der Waals surface area contributed by atoms with Crippen LogP contribution in [0.1, 0.15) is 27.9 Å². The molecule has 2 aromatic rings. The first kappa shape index (κ1) is 21.1. The van der Waals surface area contributed by atoms with Gasteiger partial charge in [-0.1, -0.05) is 36.4 Å². The molecule has 0 aliphatic rings. The molecule has 0 saturated carbocycles. The van der Waals surface area contributed by atoms with Gasteiger partial charge in [-0.3, -0.25) is 4.79 Å². The third-order valence-electron chi connectivity index (χ3n) is 3.91. The second-order valence-corrected chi connectivity index (χ2v) is 8.45. The van der Waals surface area contributed by atoms with Crippen molar-refractivity contribution in [3.63, 3.8) is 0 Å². The summed E-state index contributed by atoms with van der Waals surface area (Å²) < 4.78 is 28.2. The van der Waals surface area contributed by atoms with E-state index in [2.05, 4.69) is 5.32 Å². The Labute approximate surface area is 163 Å². The number of ether oxygens (including phenoxy) is 1. The number of sulfone groups is 1. The van der Waals surface area contributed by atoms with Crippen LogP contribution in [0.4, 0.5) is 0 Å². The van der Waals surface area contributed by atoms with Crippen LogP contribution in [0.5, 0.6) is 0 Å². The van der Waals surface area contributed by atoms with Crippen molar-refractivity contribution in [3.05, 3.63) is 71.3 Å². The number of hydrogen-bond donors (Lipinski definition) is 1. The molecule has 2 rings (SSSR count). The fraction of sp³-hybridized carbons (Fsp3) is 0.250. The molecule has 7 nitrogen and oxygen atoms in total. The lowest BCUT2D eigenvalue weighted by Gasteiger charge is -2.18. The molecule has 0 heterocycles. The lowest BCUT2D eigenvalue weighted by Crippen LogP contribution is -2.43. The molecule has 0 aliphatic heterocycles. The molecule has 1 unspecified atom stereocenters. The Morgan fingerprint density at radius 1 is 1.11 bits per heavy atom. The monoisotopic (exact) mass is 400 g/mol. The van der Waals surface area contributed by atoms with Crippen molar-refractivity contribution >= 4 is 21.7 Å². The van der Waals surface area contributed by atoms with E-state index in [1.807, 2.05) is 6.07 Å². The normalized spacial score (nSPS) is 11.9. The van der Waals surface area contributed by atoms with Crippen molar-refractivity contribution in [2.24, 2.45) is 0 Å². The van der Waals surface area contributed by atoms with Gasteiger partial charge in [0.15, 0.2) is 0 Å². The summed E-state index contributed by atoms with van der Waals surface area (Å²) in [5.74, 6) is -1.55. The summed E-state index contributed by atoms with van der Waals surface area (Å²) in [4.78, 5) is 24.8. The number of carbonyl (C=O) groups is 2. The Morgan fingerprint density at radius 3 is 2.39 bits per heavy atom. The van der Waals surface area contributed by atoms with Crippen LogP contribution in [-0.4, -0.2) is 38.3 Å².